The fraction of sp³-hybridized carbons (Fsp3) is 0.312. The average Bonchev–Trinajstić information content (AvgIpc) is 2.53. The molecular weight excluding hydrogens is 319 g/mol. The van der Waals surface area contributed by atoms with Crippen molar-refractivity contribution in [1.82, 2.24) is 9.55 Å². The number of rotatable bonds is 5. The molecule has 122 valence electrons. The number of ether oxygens (including phenoxy) is 1. The first kappa shape index (κ1) is 17.2. The Balaban J connectivity index is 2.31. The van der Waals surface area contributed by atoms with Crippen molar-refractivity contribution in [2.24, 2.45) is 0 Å². The maximum Gasteiger partial charge on any atom is 0.345 e. The minimum Gasteiger partial charge on any atom is -0.465 e. The second-order valence-electron chi connectivity index (χ2n) is 5.13. The number of halogens is 1. The Hall–Kier alpha value is -2.15. The molecule has 5 nitrogen and oxygen atoms in total. The van der Waals surface area contributed by atoms with E-state index < -0.39 is 11.5 Å². The highest BCUT2D eigenvalue weighted by Gasteiger charge is 2.18. The molecule has 0 fully saturated rings. The van der Waals surface area contributed by atoms with E-state index in [9.17, 15) is 14.0 Å². The SMILES string of the molecule is COC(=O)c1cnc(SCc2ccc(F)cc2)n(C(C)C)c1=O. The van der Waals surface area contributed by atoms with Crippen LogP contribution in [0.1, 0.15) is 35.8 Å². The van der Waals surface area contributed by atoms with Crippen LogP contribution in [0.4, 0.5) is 4.39 Å². The molecule has 0 unspecified atom stereocenters. The van der Waals surface area contributed by atoms with Gasteiger partial charge in [-0.1, -0.05) is 23.9 Å². The number of benzene rings is 1. The zero-order valence-corrected chi connectivity index (χ0v) is 13.9. The zero-order chi connectivity index (χ0) is 17.0. The lowest BCUT2D eigenvalue weighted by atomic mass is 10.2. The highest BCUT2D eigenvalue weighted by atomic mass is 32.2. The molecule has 0 aliphatic rings. The topological polar surface area (TPSA) is 61.2 Å². The van der Waals surface area contributed by atoms with E-state index in [1.807, 2.05) is 13.8 Å². The van der Waals surface area contributed by atoms with Gasteiger partial charge in [0.2, 0.25) is 0 Å². The maximum absolute atomic E-state index is 12.9. The molecular formula is C16H17FN2O3S. The average molecular weight is 336 g/mol. The molecule has 23 heavy (non-hydrogen) atoms. The van der Waals surface area contributed by atoms with Crippen LogP contribution in [0.2, 0.25) is 0 Å². The number of aromatic nitrogens is 2. The number of carbonyl (C=O) groups excluding carboxylic acids is 1. The van der Waals surface area contributed by atoms with Gasteiger partial charge < -0.3 is 4.74 Å². The van der Waals surface area contributed by atoms with E-state index in [1.165, 1.54) is 41.8 Å². The van der Waals surface area contributed by atoms with Gasteiger partial charge in [0.1, 0.15) is 11.4 Å². The summed E-state index contributed by atoms with van der Waals surface area (Å²) in [6, 6.07) is 5.99. The number of hydrogen-bond acceptors (Lipinski definition) is 5. The number of thioether (sulfide) groups is 1. The number of esters is 1. The van der Waals surface area contributed by atoms with Crippen molar-refractivity contribution in [3.8, 4) is 0 Å². The summed E-state index contributed by atoms with van der Waals surface area (Å²) in [5.41, 5.74) is 0.397. The van der Waals surface area contributed by atoms with Gasteiger partial charge in [-0.2, -0.15) is 0 Å². The van der Waals surface area contributed by atoms with Gasteiger partial charge in [0.15, 0.2) is 5.16 Å². The van der Waals surface area contributed by atoms with Crippen LogP contribution in [0, 0.1) is 5.82 Å². The summed E-state index contributed by atoms with van der Waals surface area (Å²) in [5.74, 6) is -0.456. The minimum atomic E-state index is -0.702. The van der Waals surface area contributed by atoms with Gasteiger partial charge in [0.05, 0.1) is 13.3 Å². The van der Waals surface area contributed by atoms with Crippen molar-refractivity contribution in [3.05, 3.63) is 57.8 Å². The molecule has 0 spiro atoms. The van der Waals surface area contributed by atoms with Crippen LogP contribution in [0.5, 0.6) is 0 Å². The number of carbonyl (C=O) groups is 1. The van der Waals surface area contributed by atoms with Crippen LogP contribution in [-0.2, 0) is 10.5 Å². The molecule has 0 atom stereocenters. The molecule has 0 bridgehead atoms. The van der Waals surface area contributed by atoms with E-state index in [1.54, 1.807) is 12.1 Å². The van der Waals surface area contributed by atoms with Gasteiger partial charge in [-0.25, -0.2) is 14.2 Å². The Bertz CT molecular complexity index is 757. The summed E-state index contributed by atoms with van der Waals surface area (Å²) in [6.07, 6.45) is 1.24. The van der Waals surface area contributed by atoms with Crippen molar-refractivity contribution >= 4 is 17.7 Å². The summed E-state index contributed by atoms with van der Waals surface area (Å²) < 4.78 is 19.0. The lowest BCUT2D eigenvalue weighted by Crippen LogP contribution is -2.30. The van der Waals surface area contributed by atoms with E-state index in [0.29, 0.717) is 10.9 Å². The molecule has 0 saturated carbocycles. The summed E-state index contributed by atoms with van der Waals surface area (Å²) in [6.45, 7) is 3.68. The molecule has 0 N–H and O–H groups in total. The normalized spacial score (nSPS) is 10.8. The molecule has 0 aliphatic heterocycles. The van der Waals surface area contributed by atoms with Crippen molar-refractivity contribution in [3.63, 3.8) is 0 Å². The summed E-state index contributed by atoms with van der Waals surface area (Å²) in [7, 11) is 1.22. The molecule has 1 aromatic carbocycles. The van der Waals surface area contributed by atoms with E-state index in [4.69, 9.17) is 0 Å². The van der Waals surface area contributed by atoms with Crippen LogP contribution in [0.15, 0.2) is 40.4 Å². The van der Waals surface area contributed by atoms with Crippen LogP contribution >= 0.6 is 11.8 Å². The highest BCUT2D eigenvalue weighted by molar-refractivity contribution is 7.98. The lowest BCUT2D eigenvalue weighted by Gasteiger charge is -2.15. The largest absolute Gasteiger partial charge is 0.465 e. The van der Waals surface area contributed by atoms with Crippen LogP contribution in [-0.4, -0.2) is 22.6 Å². The Morgan fingerprint density at radius 1 is 1.35 bits per heavy atom. The van der Waals surface area contributed by atoms with E-state index in [-0.39, 0.29) is 17.4 Å². The first-order valence-corrected chi connectivity index (χ1v) is 7.99. The predicted octanol–water partition coefficient (Wildman–Crippen LogP) is 3.04. The van der Waals surface area contributed by atoms with Crippen molar-refractivity contribution < 1.29 is 13.9 Å². The Labute approximate surface area is 137 Å². The second-order valence-corrected chi connectivity index (χ2v) is 6.07. The fourth-order valence-corrected chi connectivity index (χ4v) is 3.04. The van der Waals surface area contributed by atoms with Crippen LogP contribution < -0.4 is 5.56 Å². The highest BCUT2D eigenvalue weighted by Crippen LogP contribution is 2.22. The maximum atomic E-state index is 12.9. The van der Waals surface area contributed by atoms with Gasteiger partial charge in [-0.3, -0.25) is 9.36 Å². The van der Waals surface area contributed by atoms with Crippen molar-refractivity contribution in [2.45, 2.75) is 30.8 Å². The molecule has 7 heteroatoms. The first-order valence-electron chi connectivity index (χ1n) is 7.01. The van der Waals surface area contributed by atoms with Gasteiger partial charge >= 0.3 is 5.97 Å². The Morgan fingerprint density at radius 2 is 2.00 bits per heavy atom. The molecule has 1 aromatic heterocycles. The van der Waals surface area contributed by atoms with E-state index in [0.717, 1.165) is 5.56 Å². The smallest absolute Gasteiger partial charge is 0.345 e. The summed E-state index contributed by atoms with van der Waals surface area (Å²) >= 11 is 1.35. The molecule has 0 radical (unpaired) electrons. The molecule has 1 heterocycles. The molecule has 0 saturated heterocycles. The quantitative estimate of drug-likeness (QED) is 0.477. The zero-order valence-electron chi connectivity index (χ0n) is 13.1. The van der Waals surface area contributed by atoms with Gasteiger partial charge in [-0.05, 0) is 31.5 Å². The van der Waals surface area contributed by atoms with Crippen LogP contribution in [0.3, 0.4) is 0 Å². The standard InChI is InChI=1S/C16H17FN2O3S/c1-10(2)19-14(20)13(15(21)22-3)8-18-16(19)23-9-11-4-6-12(17)7-5-11/h4-8,10H,9H2,1-3H3. The van der Waals surface area contributed by atoms with Crippen molar-refractivity contribution in [1.29, 1.82) is 0 Å². The number of hydrogen-bond donors (Lipinski definition) is 0. The van der Waals surface area contributed by atoms with Crippen LogP contribution in [0.25, 0.3) is 0 Å². The van der Waals surface area contributed by atoms with Crippen molar-refractivity contribution in [2.75, 3.05) is 7.11 Å². The Kier molecular flexibility index (Phi) is 5.54. The number of methoxy groups -OCH3 is 1. The molecule has 0 amide bonds. The molecule has 2 aromatic rings. The second kappa shape index (κ2) is 7.41. The summed E-state index contributed by atoms with van der Waals surface area (Å²) in [4.78, 5) is 28.3. The Morgan fingerprint density at radius 3 is 2.57 bits per heavy atom. The summed E-state index contributed by atoms with van der Waals surface area (Å²) in [5, 5.41) is 0.502. The first-order chi connectivity index (χ1) is 10.9. The fourth-order valence-electron chi connectivity index (χ4n) is 1.99. The third-order valence-corrected chi connectivity index (χ3v) is 4.20. The minimum absolute atomic E-state index is 0.0904. The van der Waals surface area contributed by atoms with Gasteiger partial charge in [0, 0.05) is 11.8 Å². The van der Waals surface area contributed by atoms with Gasteiger partial charge in [-0.15, -0.1) is 0 Å². The monoisotopic (exact) mass is 336 g/mol. The van der Waals surface area contributed by atoms with E-state index >= 15 is 0 Å². The lowest BCUT2D eigenvalue weighted by molar-refractivity contribution is 0.0596. The predicted molar refractivity (Wildman–Crippen MR) is 86.2 cm³/mol. The third kappa shape index (κ3) is 3.98. The third-order valence-electron chi connectivity index (χ3n) is 3.16. The van der Waals surface area contributed by atoms with E-state index in [2.05, 4.69) is 9.72 Å². The molecule has 2 rings (SSSR count). The van der Waals surface area contributed by atoms with Gasteiger partial charge in [0.25, 0.3) is 5.56 Å². The number of nitrogens with zero attached hydrogens (tertiary/aromatic N) is 2. The molecule has 0 aliphatic carbocycles.